The molecule has 1 aromatic carbocycles. The molecule has 62 valence electrons. The number of halogens is 1. The van der Waals surface area contributed by atoms with Crippen molar-refractivity contribution in [3.8, 4) is 0 Å². The molecule has 0 radical (unpaired) electrons. The van der Waals surface area contributed by atoms with Crippen molar-refractivity contribution in [3.05, 3.63) is 33.8 Å². The molecule has 0 saturated heterocycles. The Hall–Kier alpha value is -0.830. The van der Waals surface area contributed by atoms with E-state index < -0.39 is 0 Å². The van der Waals surface area contributed by atoms with Crippen molar-refractivity contribution in [2.24, 2.45) is 0 Å². The SMILES string of the molecule is CN1Cc2cccc(Br)c2C1=O. The van der Waals surface area contributed by atoms with Gasteiger partial charge >= 0.3 is 0 Å². The summed E-state index contributed by atoms with van der Waals surface area (Å²) in [6.07, 6.45) is 0. The van der Waals surface area contributed by atoms with Gasteiger partial charge in [0, 0.05) is 18.1 Å². The van der Waals surface area contributed by atoms with Crippen molar-refractivity contribution in [1.29, 1.82) is 0 Å². The van der Waals surface area contributed by atoms with E-state index in [2.05, 4.69) is 15.9 Å². The molecule has 1 aliphatic heterocycles. The highest BCUT2D eigenvalue weighted by atomic mass is 79.9. The molecule has 0 aliphatic carbocycles. The van der Waals surface area contributed by atoms with E-state index in [1.807, 2.05) is 25.2 Å². The van der Waals surface area contributed by atoms with Crippen LogP contribution in [-0.2, 0) is 6.54 Å². The van der Waals surface area contributed by atoms with Crippen molar-refractivity contribution < 1.29 is 4.79 Å². The summed E-state index contributed by atoms with van der Waals surface area (Å²) in [5, 5.41) is 0. The van der Waals surface area contributed by atoms with Gasteiger partial charge in [-0.3, -0.25) is 4.79 Å². The molecule has 0 N–H and O–H groups in total. The number of carbonyl (C=O) groups excluding carboxylic acids is 1. The van der Waals surface area contributed by atoms with Crippen LogP contribution in [0.3, 0.4) is 0 Å². The van der Waals surface area contributed by atoms with Gasteiger partial charge in [-0.15, -0.1) is 0 Å². The Balaban J connectivity index is 2.62. The maximum atomic E-state index is 11.5. The second-order valence-electron chi connectivity index (χ2n) is 2.94. The minimum Gasteiger partial charge on any atom is -0.337 e. The lowest BCUT2D eigenvalue weighted by atomic mass is 10.1. The molecule has 2 nitrogen and oxygen atoms in total. The van der Waals surface area contributed by atoms with Gasteiger partial charge in [-0.2, -0.15) is 0 Å². The number of nitrogens with zero attached hydrogens (tertiary/aromatic N) is 1. The molecule has 0 bridgehead atoms. The lowest BCUT2D eigenvalue weighted by Crippen LogP contribution is -2.17. The summed E-state index contributed by atoms with van der Waals surface area (Å²) < 4.78 is 0.898. The summed E-state index contributed by atoms with van der Waals surface area (Å²) in [4.78, 5) is 13.2. The van der Waals surface area contributed by atoms with Crippen LogP contribution in [0.25, 0.3) is 0 Å². The first-order valence-corrected chi connectivity index (χ1v) is 4.52. The molecule has 12 heavy (non-hydrogen) atoms. The van der Waals surface area contributed by atoms with Crippen LogP contribution in [0.15, 0.2) is 22.7 Å². The van der Waals surface area contributed by atoms with Gasteiger partial charge in [-0.25, -0.2) is 0 Å². The van der Waals surface area contributed by atoms with Crippen LogP contribution in [0.1, 0.15) is 15.9 Å². The highest BCUT2D eigenvalue weighted by molar-refractivity contribution is 9.10. The Labute approximate surface area is 79.3 Å². The zero-order valence-corrected chi connectivity index (χ0v) is 8.26. The van der Waals surface area contributed by atoms with E-state index >= 15 is 0 Å². The molecule has 0 aromatic heterocycles. The molecule has 1 aromatic rings. The summed E-state index contributed by atoms with van der Waals surface area (Å²) in [6, 6.07) is 5.84. The first kappa shape index (κ1) is 7.80. The van der Waals surface area contributed by atoms with E-state index in [1.165, 1.54) is 0 Å². The van der Waals surface area contributed by atoms with Crippen molar-refractivity contribution >= 4 is 21.8 Å². The molecule has 0 spiro atoms. The summed E-state index contributed by atoms with van der Waals surface area (Å²) in [5.74, 6) is 0.109. The van der Waals surface area contributed by atoms with Gasteiger partial charge in [0.2, 0.25) is 0 Å². The van der Waals surface area contributed by atoms with Gasteiger partial charge in [-0.05, 0) is 27.6 Å². The molecule has 0 saturated carbocycles. The highest BCUT2D eigenvalue weighted by Crippen LogP contribution is 2.27. The van der Waals surface area contributed by atoms with Crippen LogP contribution in [0, 0.1) is 0 Å². The minimum atomic E-state index is 0.109. The normalized spacial score (nSPS) is 15.2. The Kier molecular flexibility index (Phi) is 1.68. The maximum absolute atomic E-state index is 11.5. The number of amides is 1. The smallest absolute Gasteiger partial charge is 0.255 e. The predicted octanol–water partition coefficient (Wildman–Crippen LogP) is 2.03. The lowest BCUT2D eigenvalue weighted by molar-refractivity contribution is 0.0816. The maximum Gasteiger partial charge on any atom is 0.255 e. The fraction of sp³-hybridized carbons (Fsp3) is 0.222. The molecule has 1 aliphatic rings. The van der Waals surface area contributed by atoms with Crippen molar-refractivity contribution in [2.75, 3.05) is 7.05 Å². The van der Waals surface area contributed by atoms with Crippen LogP contribution < -0.4 is 0 Å². The molecule has 3 heteroatoms. The van der Waals surface area contributed by atoms with Gasteiger partial charge in [0.25, 0.3) is 5.91 Å². The lowest BCUT2D eigenvalue weighted by Gasteiger charge is -2.04. The Morgan fingerprint density at radius 2 is 2.25 bits per heavy atom. The van der Waals surface area contributed by atoms with E-state index in [1.54, 1.807) is 4.90 Å². The van der Waals surface area contributed by atoms with E-state index in [4.69, 9.17) is 0 Å². The predicted molar refractivity (Wildman–Crippen MR) is 49.9 cm³/mol. The quantitative estimate of drug-likeness (QED) is 0.662. The Morgan fingerprint density at radius 3 is 2.92 bits per heavy atom. The average Bonchev–Trinajstić information content (AvgIpc) is 2.29. The Morgan fingerprint density at radius 1 is 1.50 bits per heavy atom. The zero-order valence-electron chi connectivity index (χ0n) is 6.67. The van der Waals surface area contributed by atoms with Crippen molar-refractivity contribution in [2.45, 2.75) is 6.54 Å². The number of hydrogen-bond donors (Lipinski definition) is 0. The van der Waals surface area contributed by atoms with Gasteiger partial charge in [0.1, 0.15) is 0 Å². The third kappa shape index (κ3) is 0.966. The molecular weight excluding hydrogens is 218 g/mol. The highest BCUT2D eigenvalue weighted by Gasteiger charge is 2.25. The topological polar surface area (TPSA) is 20.3 Å². The van der Waals surface area contributed by atoms with Crippen LogP contribution >= 0.6 is 15.9 Å². The summed E-state index contributed by atoms with van der Waals surface area (Å²) >= 11 is 3.37. The fourth-order valence-corrected chi connectivity index (χ4v) is 2.04. The largest absolute Gasteiger partial charge is 0.337 e. The molecule has 1 heterocycles. The molecule has 2 rings (SSSR count). The van der Waals surface area contributed by atoms with Crippen LogP contribution in [0.2, 0.25) is 0 Å². The van der Waals surface area contributed by atoms with Crippen LogP contribution in [0.4, 0.5) is 0 Å². The third-order valence-electron chi connectivity index (χ3n) is 2.07. The van der Waals surface area contributed by atoms with Crippen LogP contribution in [0.5, 0.6) is 0 Å². The average molecular weight is 226 g/mol. The van der Waals surface area contributed by atoms with Gasteiger partial charge in [0.05, 0.1) is 5.56 Å². The summed E-state index contributed by atoms with van der Waals surface area (Å²) in [5.41, 5.74) is 1.93. The Bertz CT molecular complexity index is 348. The van der Waals surface area contributed by atoms with Crippen molar-refractivity contribution in [3.63, 3.8) is 0 Å². The molecule has 0 atom stereocenters. The summed E-state index contributed by atoms with van der Waals surface area (Å²) in [7, 11) is 1.81. The number of rotatable bonds is 0. The molecule has 0 unspecified atom stereocenters. The van der Waals surface area contributed by atoms with Crippen LogP contribution in [-0.4, -0.2) is 17.9 Å². The second-order valence-corrected chi connectivity index (χ2v) is 3.79. The van der Waals surface area contributed by atoms with Crippen molar-refractivity contribution in [1.82, 2.24) is 4.90 Å². The number of fused-ring (bicyclic) bond motifs is 1. The molecule has 0 fully saturated rings. The van der Waals surface area contributed by atoms with Gasteiger partial charge < -0.3 is 4.90 Å². The zero-order chi connectivity index (χ0) is 8.72. The number of hydrogen-bond acceptors (Lipinski definition) is 1. The standard InChI is InChI=1S/C9H8BrNO/c1-11-5-6-3-2-4-7(10)8(6)9(11)12/h2-4H,5H2,1H3. The minimum absolute atomic E-state index is 0.109. The van der Waals surface area contributed by atoms with E-state index in [9.17, 15) is 4.79 Å². The van der Waals surface area contributed by atoms with Gasteiger partial charge in [-0.1, -0.05) is 12.1 Å². The second kappa shape index (κ2) is 2.59. The molecular formula is C9H8BrNO. The number of benzene rings is 1. The first-order chi connectivity index (χ1) is 5.70. The van der Waals surface area contributed by atoms with E-state index in [0.717, 1.165) is 22.1 Å². The molecule has 1 amide bonds. The fourth-order valence-electron chi connectivity index (χ4n) is 1.46. The summed E-state index contributed by atoms with van der Waals surface area (Å²) in [6.45, 7) is 0.730. The van der Waals surface area contributed by atoms with E-state index in [0.29, 0.717) is 0 Å². The number of carbonyl (C=O) groups is 1. The monoisotopic (exact) mass is 225 g/mol. The van der Waals surface area contributed by atoms with Gasteiger partial charge in [0.15, 0.2) is 0 Å². The van der Waals surface area contributed by atoms with E-state index in [-0.39, 0.29) is 5.91 Å². The first-order valence-electron chi connectivity index (χ1n) is 3.73. The third-order valence-corrected chi connectivity index (χ3v) is 2.73.